The Balaban J connectivity index is 1.62. The van der Waals surface area contributed by atoms with Gasteiger partial charge in [0.25, 0.3) is 0 Å². The molecule has 2 aromatic carbocycles. The number of thioether (sulfide) groups is 1. The van der Waals surface area contributed by atoms with E-state index >= 15 is 0 Å². The van der Waals surface area contributed by atoms with E-state index in [9.17, 15) is 4.79 Å². The quantitative estimate of drug-likeness (QED) is 0.497. The van der Waals surface area contributed by atoms with Gasteiger partial charge < -0.3 is 0 Å². The number of fused-ring (bicyclic) bond motifs is 2. The number of para-hydroxylation sites is 2. The summed E-state index contributed by atoms with van der Waals surface area (Å²) in [5.74, 6) is 0.311. The highest BCUT2D eigenvalue weighted by Gasteiger charge is 2.27. The molecule has 0 aliphatic carbocycles. The Morgan fingerprint density at radius 2 is 1.56 bits per heavy atom. The highest BCUT2D eigenvalue weighted by atomic mass is 32.2. The highest BCUT2D eigenvalue weighted by Crippen LogP contribution is 2.48. The standard InChI is InChI=1S/C19H15N3OS2/c1-13-10-20-19(21-11-13)24-12-18(23)22-14-6-2-4-8-16(14)25-17-9-5-3-7-15(17)22/h2-11H,12H2,1H3. The number of anilines is 2. The summed E-state index contributed by atoms with van der Waals surface area (Å²) in [7, 11) is 0. The van der Waals surface area contributed by atoms with E-state index in [2.05, 4.69) is 9.97 Å². The SMILES string of the molecule is Cc1cnc(SCC(=O)N2c3ccccc3Sc3ccccc32)nc1. The van der Waals surface area contributed by atoms with Gasteiger partial charge in [-0.15, -0.1) is 0 Å². The number of carbonyl (C=O) groups excluding carboxylic acids is 1. The fourth-order valence-corrected chi connectivity index (χ4v) is 4.31. The van der Waals surface area contributed by atoms with Gasteiger partial charge in [-0.1, -0.05) is 47.8 Å². The number of carbonyl (C=O) groups is 1. The van der Waals surface area contributed by atoms with Crippen LogP contribution in [-0.4, -0.2) is 21.6 Å². The Bertz CT molecular complexity index is 882. The molecule has 1 aromatic heterocycles. The molecule has 0 radical (unpaired) electrons. The van der Waals surface area contributed by atoms with Crippen LogP contribution in [0.2, 0.25) is 0 Å². The molecule has 0 unspecified atom stereocenters. The molecule has 0 saturated carbocycles. The Labute approximate surface area is 154 Å². The van der Waals surface area contributed by atoms with Crippen LogP contribution < -0.4 is 4.90 Å². The Hall–Kier alpha value is -2.31. The zero-order valence-electron chi connectivity index (χ0n) is 13.5. The molecular weight excluding hydrogens is 350 g/mol. The summed E-state index contributed by atoms with van der Waals surface area (Å²) < 4.78 is 0. The normalized spacial score (nSPS) is 12.4. The summed E-state index contributed by atoms with van der Waals surface area (Å²) in [4.78, 5) is 25.5. The molecule has 0 spiro atoms. The summed E-state index contributed by atoms with van der Waals surface area (Å²) in [6.07, 6.45) is 3.53. The number of hydrogen-bond donors (Lipinski definition) is 0. The van der Waals surface area contributed by atoms with Crippen LogP contribution in [0.4, 0.5) is 11.4 Å². The molecule has 0 bridgehead atoms. The lowest BCUT2D eigenvalue weighted by Crippen LogP contribution is -2.30. The van der Waals surface area contributed by atoms with Gasteiger partial charge in [0.05, 0.1) is 17.1 Å². The van der Waals surface area contributed by atoms with Crippen molar-refractivity contribution in [1.82, 2.24) is 9.97 Å². The minimum Gasteiger partial charge on any atom is -0.278 e. The lowest BCUT2D eigenvalue weighted by molar-refractivity contribution is -0.115. The van der Waals surface area contributed by atoms with Crippen molar-refractivity contribution in [3.8, 4) is 0 Å². The van der Waals surface area contributed by atoms with Crippen molar-refractivity contribution in [2.75, 3.05) is 10.7 Å². The Morgan fingerprint density at radius 1 is 1.00 bits per heavy atom. The number of aryl methyl sites for hydroxylation is 1. The summed E-state index contributed by atoms with van der Waals surface area (Å²) >= 11 is 3.05. The summed E-state index contributed by atoms with van der Waals surface area (Å²) in [6.45, 7) is 1.94. The number of hydrogen-bond acceptors (Lipinski definition) is 5. The van der Waals surface area contributed by atoms with Crippen molar-refractivity contribution in [1.29, 1.82) is 0 Å². The molecule has 2 heterocycles. The van der Waals surface area contributed by atoms with Crippen molar-refractivity contribution in [2.24, 2.45) is 0 Å². The summed E-state index contributed by atoms with van der Waals surface area (Å²) in [5.41, 5.74) is 2.87. The van der Waals surface area contributed by atoms with Crippen LogP contribution in [0.5, 0.6) is 0 Å². The maximum atomic E-state index is 13.0. The fourth-order valence-electron chi connectivity index (χ4n) is 2.62. The fraction of sp³-hybridized carbons (Fsp3) is 0.105. The number of rotatable bonds is 3. The predicted octanol–water partition coefficient (Wildman–Crippen LogP) is 4.71. The monoisotopic (exact) mass is 365 g/mol. The number of benzene rings is 2. The zero-order chi connectivity index (χ0) is 17.2. The minimum atomic E-state index is 0.0226. The van der Waals surface area contributed by atoms with Crippen molar-refractivity contribution >= 4 is 40.8 Å². The van der Waals surface area contributed by atoms with E-state index in [-0.39, 0.29) is 11.7 Å². The third-order valence-electron chi connectivity index (χ3n) is 3.76. The Morgan fingerprint density at radius 3 is 2.16 bits per heavy atom. The van der Waals surface area contributed by atoms with E-state index in [1.165, 1.54) is 11.8 Å². The first-order chi connectivity index (χ1) is 12.2. The average molecular weight is 365 g/mol. The van der Waals surface area contributed by atoms with Crippen LogP contribution >= 0.6 is 23.5 Å². The zero-order valence-corrected chi connectivity index (χ0v) is 15.2. The second-order valence-corrected chi connectivity index (χ2v) is 7.62. The number of aromatic nitrogens is 2. The first kappa shape index (κ1) is 16.2. The molecule has 0 N–H and O–H groups in total. The molecule has 1 amide bonds. The molecule has 1 aliphatic rings. The number of nitrogens with zero attached hydrogens (tertiary/aromatic N) is 3. The third-order valence-corrected chi connectivity index (χ3v) is 5.75. The average Bonchev–Trinajstić information content (AvgIpc) is 2.65. The lowest BCUT2D eigenvalue weighted by atomic mass is 10.2. The first-order valence-electron chi connectivity index (χ1n) is 7.83. The second kappa shape index (κ2) is 6.90. The first-order valence-corrected chi connectivity index (χ1v) is 9.63. The minimum absolute atomic E-state index is 0.0226. The topological polar surface area (TPSA) is 46.1 Å². The van der Waals surface area contributed by atoms with Crippen molar-refractivity contribution in [3.63, 3.8) is 0 Å². The van der Waals surface area contributed by atoms with E-state index in [4.69, 9.17) is 0 Å². The maximum Gasteiger partial charge on any atom is 0.242 e. The van der Waals surface area contributed by atoms with Gasteiger partial charge in [-0.2, -0.15) is 0 Å². The molecule has 25 heavy (non-hydrogen) atoms. The summed E-state index contributed by atoms with van der Waals surface area (Å²) in [6, 6.07) is 16.0. The van der Waals surface area contributed by atoms with Crippen LogP contribution in [-0.2, 0) is 4.79 Å². The molecule has 0 atom stereocenters. The molecule has 1 aliphatic heterocycles. The van der Waals surface area contributed by atoms with E-state index in [0.717, 1.165) is 26.7 Å². The van der Waals surface area contributed by atoms with Gasteiger partial charge in [0.1, 0.15) is 0 Å². The van der Waals surface area contributed by atoms with Gasteiger partial charge in [-0.3, -0.25) is 9.69 Å². The molecule has 3 aromatic rings. The summed E-state index contributed by atoms with van der Waals surface area (Å²) in [5, 5.41) is 0.618. The molecule has 124 valence electrons. The van der Waals surface area contributed by atoms with E-state index in [1.54, 1.807) is 24.2 Å². The number of amides is 1. The van der Waals surface area contributed by atoms with Gasteiger partial charge in [0.15, 0.2) is 5.16 Å². The molecule has 4 nitrogen and oxygen atoms in total. The predicted molar refractivity (Wildman–Crippen MR) is 102 cm³/mol. The van der Waals surface area contributed by atoms with Gasteiger partial charge in [-0.05, 0) is 36.8 Å². The van der Waals surface area contributed by atoms with Gasteiger partial charge in [-0.25, -0.2) is 9.97 Å². The van der Waals surface area contributed by atoms with Gasteiger partial charge >= 0.3 is 0 Å². The smallest absolute Gasteiger partial charge is 0.242 e. The van der Waals surface area contributed by atoms with Crippen LogP contribution in [0, 0.1) is 6.92 Å². The molecular formula is C19H15N3OS2. The van der Waals surface area contributed by atoms with Crippen molar-refractivity contribution < 1.29 is 4.79 Å². The van der Waals surface area contributed by atoms with E-state index in [0.29, 0.717) is 5.16 Å². The van der Waals surface area contributed by atoms with Crippen molar-refractivity contribution in [2.45, 2.75) is 21.9 Å². The van der Waals surface area contributed by atoms with Gasteiger partial charge in [0.2, 0.25) is 5.91 Å². The van der Waals surface area contributed by atoms with Crippen LogP contribution in [0.1, 0.15) is 5.56 Å². The molecule has 0 fully saturated rings. The molecule has 0 saturated heterocycles. The van der Waals surface area contributed by atoms with Crippen LogP contribution in [0.3, 0.4) is 0 Å². The lowest BCUT2D eigenvalue weighted by Gasteiger charge is -2.30. The highest BCUT2D eigenvalue weighted by molar-refractivity contribution is 8.00. The molecule has 6 heteroatoms. The maximum absolute atomic E-state index is 13.0. The van der Waals surface area contributed by atoms with E-state index < -0.39 is 0 Å². The Kier molecular flexibility index (Phi) is 4.46. The third kappa shape index (κ3) is 3.27. The molecule has 4 rings (SSSR count). The van der Waals surface area contributed by atoms with E-state index in [1.807, 2.05) is 60.4 Å². The largest absolute Gasteiger partial charge is 0.278 e. The second-order valence-electron chi connectivity index (χ2n) is 5.60. The van der Waals surface area contributed by atoms with Gasteiger partial charge in [0, 0.05) is 22.2 Å². The van der Waals surface area contributed by atoms with Crippen LogP contribution in [0.25, 0.3) is 0 Å². The van der Waals surface area contributed by atoms with Crippen LogP contribution in [0.15, 0.2) is 75.9 Å². The van der Waals surface area contributed by atoms with Crippen molar-refractivity contribution in [3.05, 3.63) is 66.5 Å².